The third-order valence-corrected chi connectivity index (χ3v) is 6.88. The summed E-state index contributed by atoms with van der Waals surface area (Å²) in [5, 5.41) is 8.36. The van der Waals surface area contributed by atoms with Gasteiger partial charge in [-0.05, 0) is 58.0 Å². The van der Waals surface area contributed by atoms with Gasteiger partial charge in [-0.15, -0.1) is 0 Å². The fourth-order valence-corrected chi connectivity index (χ4v) is 5.19. The molecule has 6 aromatic carbocycles. The number of para-hydroxylation sites is 1. The van der Waals surface area contributed by atoms with Gasteiger partial charge < -0.3 is 9.73 Å². The number of hydrogen-bond acceptors (Lipinski definition) is 2. The van der Waals surface area contributed by atoms with E-state index < -0.39 is 0 Å². The third kappa shape index (κ3) is 3.43. The highest BCUT2D eigenvalue weighted by molar-refractivity contribution is 6.13. The Morgan fingerprint density at radius 3 is 1.97 bits per heavy atom. The molecule has 0 spiro atoms. The predicted molar refractivity (Wildman–Crippen MR) is 152 cm³/mol. The molecular formula is C34H23NO. The van der Waals surface area contributed by atoms with Crippen LogP contribution in [-0.2, 0) is 0 Å². The second-order valence-corrected chi connectivity index (χ2v) is 9.05. The van der Waals surface area contributed by atoms with Gasteiger partial charge in [-0.2, -0.15) is 0 Å². The highest BCUT2D eigenvalue weighted by Gasteiger charge is 2.15. The van der Waals surface area contributed by atoms with Gasteiger partial charge in [-0.25, -0.2) is 0 Å². The first-order valence-corrected chi connectivity index (χ1v) is 12.2. The van der Waals surface area contributed by atoms with Gasteiger partial charge >= 0.3 is 0 Å². The minimum absolute atomic E-state index is 0.915. The van der Waals surface area contributed by atoms with Gasteiger partial charge in [-0.1, -0.05) is 103 Å². The van der Waals surface area contributed by atoms with E-state index >= 15 is 0 Å². The maximum Gasteiger partial charge on any atom is 0.136 e. The molecule has 7 aromatic rings. The fourth-order valence-electron chi connectivity index (χ4n) is 5.19. The lowest BCUT2D eigenvalue weighted by Gasteiger charge is -2.13. The molecule has 1 N–H and O–H groups in total. The number of benzene rings is 6. The molecular weight excluding hydrogens is 438 g/mol. The van der Waals surface area contributed by atoms with Crippen molar-refractivity contribution < 1.29 is 4.42 Å². The Labute approximate surface area is 209 Å². The van der Waals surface area contributed by atoms with Crippen molar-refractivity contribution in [2.45, 2.75) is 0 Å². The molecule has 2 nitrogen and oxygen atoms in total. The van der Waals surface area contributed by atoms with Gasteiger partial charge in [0.2, 0.25) is 0 Å². The first kappa shape index (κ1) is 20.5. The number of rotatable bonds is 4. The number of fused-ring (bicyclic) bond motifs is 4. The summed E-state index contributed by atoms with van der Waals surface area (Å²) in [5.74, 6) is 0. The van der Waals surface area contributed by atoms with Crippen molar-refractivity contribution in [2.24, 2.45) is 0 Å². The van der Waals surface area contributed by atoms with Crippen molar-refractivity contribution in [1.82, 2.24) is 0 Å². The molecule has 0 aliphatic rings. The zero-order valence-electron chi connectivity index (χ0n) is 19.6. The SMILES string of the molecule is c1ccc(-c2cccc3oc4ccccc4c23)c(-c2ccc(Nc3cccc4ccccc34)cc2)c1. The number of nitrogens with one attached hydrogen (secondary N) is 1. The number of anilines is 2. The molecule has 7 rings (SSSR count). The van der Waals surface area contributed by atoms with Crippen molar-refractivity contribution in [3.63, 3.8) is 0 Å². The Morgan fingerprint density at radius 2 is 1.08 bits per heavy atom. The average Bonchev–Trinajstić information content (AvgIpc) is 3.33. The Balaban J connectivity index is 1.30. The van der Waals surface area contributed by atoms with Crippen LogP contribution in [0.3, 0.4) is 0 Å². The van der Waals surface area contributed by atoms with Crippen LogP contribution in [0.4, 0.5) is 11.4 Å². The first-order valence-electron chi connectivity index (χ1n) is 12.2. The van der Waals surface area contributed by atoms with Gasteiger partial charge in [0, 0.05) is 27.5 Å². The summed E-state index contributed by atoms with van der Waals surface area (Å²) in [7, 11) is 0. The normalized spacial score (nSPS) is 11.3. The van der Waals surface area contributed by atoms with Crippen molar-refractivity contribution in [3.05, 3.63) is 133 Å². The smallest absolute Gasteiger partial charge is 0.136 e. The van der Waals surface area contributed by atoms with Gasteiger partial charge in [0.15, 0.2) is 0 Å². The molecule has 0 atom stereocenters. The van der Waals surface area contributed by atoms with E-state index in [4.69, 9.17) is 4.42 Å². The summed E-state index contributed by atoms with van der Waals surface area (Å²) >= 11 is 0. The molecule has 0 saturated heterocycles. The van der Waals surface area contributed by atoms with E-state index in [1.807, 2.05) is 12.1 Å². The zero-order valence-corrected chi connectivity index (χ0v) is 19.6. The molecule has 1 aromatic heterocycles. The summed E-state index contributed by atoms with van der Waals surface area (Å²) < 4.78 is 6.15. The average molecular weight is 462 g/mol. The molecule has 0 fully saturated rings. The lowest BCUT2D eigenvalue weighted by molar-refractivity contribution is 0.669. The molecule has 0 aliphatic heterocycles. The lowest BCUT2D eigenvalue weighted by Crippen LogP contribution is -1.92. The first-order chi connectivity index (χ1) is 17.8. The molecule has 0 unspecified atom stereocenters. The Hall–Kier alpha value is -4.82. The molecule has 36 heavy (non-hydrogen) atoms. The third-order valence-electron chi connectivity index (χ3n) is 6.88. The quantitative estimate of drug-likeness (QED) is 0.282. The van der Waals surface area contributed by atoms with Crippen LogP contribution in [0.25, 0.3) is 55.0 Å². The second-order valence-electron chi connectivity index (χ2n) is 9.05. The van der Waals surface area contributed by atoms with Crippen molar-refractivity contribution in [3.8, 4) is 22.3 Å². The van der Waals surface area contributed by atoms with E-state index in [1.54, 1.807) is 0 Å². The van der Waals surface area contributed by atoms with E-state index in [9.17, 15) is 0 Å². The molecule has 0 saturated carbocycles. The molecule has 1 heterocycles. The molecule has 2 heteroatoms. The minimum Gasteiger partial charge on any atom is -0.456 e. The van der Waals surface area contributed by atoms with Crippen LogP contribution in [0.15, 0.2) is 138 Å². The topological polar surface area (TPSA) is 25.2 Å². The standard InChI is InChI=1S/C34H23NO/c1-2-12-27-23(9-1)10-7-16-31(27)35-25-21-19-24(20-22-25)26-11-3-4-13-28(26)29-15-8-18-33-34(29)30-14-5-6-17-32(30)36-33/h1-22,35H. The fraction of sp³-hybridized carbons (Fsp3) is 0. The molecule has 0 radical (unpaired) electrons. The molecule has 0 bridgehead atoms. The van der Waals surface area contributed by atoms with Gasteiger partial charge in [0.1, 0.15) is 11.2 Å². The monoisotopic (exact) mass is 461 g/mol. The van der Waals surface area contributed by atoms with E-state index in [1.165, 1.54) is 33.0 Å². The van der Waals surface area contributed by atoms with Crippen LogP contribution in [0, 0.1) is 0 Å². The Kier molecular flexibility index (Phi) is 4.82. The Morgan fingerprint density at radius 1 is 0.444 bits per heavy atom. The van der Waals surface area contributed by atoms with E-state index in [0.29, 0.717) is 0 Å². The number of hydrogen-bond donors (Lipinski definition) is 1. The van der Waals surface area contributed by atoms with Crippen LogP contribution in [0.2, 0.25) is 0 Å². The van der Waals surface area contributed by atoms with Crippen LogP contribution in [0.1, 0.15) is 0 Å². The molecule has 0 aliphatic carbocycles. The minimum atomic E-state index is 0.915. The second kappa shape index (κ2) is 8.44. The summed E-state index contributed by atoms with van der Waals surface area (Å²) in [6.07, 6.45) is 0. The predicted octanol–water partition coefficient (Wildman–Crippen LogP) is 9.82. The van der Waals surface area contributed by atoms with E-state index in [0.717, 1.165) is 33.3 Å². The van der Waals surface area contributed by atoms with E-state index in [-0.39, 0.29) is 0 Å². The Bertz CT molecular complexity index is 1860. The maximum absolute atomic E-state index is 6.15. The molecule has 0 amide bonds. The molecule has 170 valence electrons. The van der Waals surface area contributed by atoms with Crippen LogP contribution < -0.4 is 5.32 Å². The summed E-state index contributed by atoms with van der Waals surface area (Å²) in [5.41, 5.74) is 8.77. The maximum atomic E-state index is 6.15. The van der Waals surface area contributed by atoms with Gasteiger partial charge in [-0.3, -0.25) is 0 Å². The van der Waals surface area contributed by atoms with Gasteiger partial charge in [0.25, 0.3) is 0 Å². The largest absolute Gasteiger partial charge is 0.456 e. The summed E-state index contributed by atoms with van der Waals surface area (Å²) in [4.78, 5) is 0. The van der Waals surface area contributed by atoms with Crippen molar-refractivity contribution in [2.75, 3.05) is 5.32 Å². The van der Waals surface area contributed by atoms with E-state index in [2.05, 4.69) is 127 Å². The van der Waals surface area contributed by atoms with Crippen LogP contribution in [-0.4, -0.2) is 0 Å². The zero-order chi connectivity index (χ0) is 23.9. The van der Waals surface area contributed by atoms with Crippen molar-refractivity contribution >= 4 is 44.1 Å². The highest BCUT2D eigenvalue weighted by Crippen LogP contribution is 2.40. The van der Waals surface area contributed by atoms with Crippen LogP contribution >= 0.6 is 0 Å². The van der Waals surface area contributed by atoms with Gasteiger partial charge in [0.05, 0.1) is 0 Å². The van der Waals surface area contributed by atoms with Crippen molar-refractivity contribution in [1.29, 1.82) is 0 Å². The van der Waals surface area contributed by atoms with Crippen LogP contribution in [0.5, 0.6) is 0 Å². The lowest BCUT2D eigenvalue weighted by atomic mass is 9.92. The summed E-state index contributed by atoms with van der Waals surface area (Å²) in [6, 6.07) is 46.7. The number of furan rings is 1. The summed E-state index contributed by atoms with van der Waals surface area (Å²) in [6.45, 7) is 0. The highest BCUT2D eigenvalue weighted by atomic mass is 16.3.